The van der Waals surface area contributed by atoms with E-state index in [4.69, 9.17) is 4.52 Å². The zero-order chi connectivity index (χ0) is 17.8. The molecule has 0 saturated carbocycles. The molecule has 0 bridgehead atoms. The van der Waals surface area contributed by atoms with Crippen molar-refractivity contribution in [2.24, 2.45) is 5.92 Å². The third-order valence-corrected chi connectivity index (χ3v) is 5.81. The van der Waals surface area contributed by atoms with Crippen LogP contribution in [0, 0.1) is 12.8 Å². The molecule has 1 atom stereocenters. The zero-order valence-electron chi connectivity index (χ0n) is 15.4. The summed E-state index contributed by atoms with van der Waals surface area (Å²) in [4.78, 5) is 8.21. The largest absolute Gasteiger partial charge is 0.356 e. The molecule has 1 aromatic carbocycles. The lowest BCUT2D eigenvalue weighted by atomic mass is 10.1. The Labute approximate surface area is 170 Å². The van der Waals surface area contributed by atoms with E-state index in [-0.39, 0.29) is 12.4 Å². The van der Waals surface area contributed by atoms with Crippen molar-refractivity contribution in [3.8, 4) is 11.3 Å². The van der Waals surface area contributed by atoms with Crippen molar-refractivity contribution in [2.75, 3.05) is 19.6 Å². The van der Waals surface area contributed by atoms with Crippen molar-refractivity contribution < 1.29 is 4.52 Å². The third-order valence-electron chi connectivity index (χ3n) is 4.89. The van der Waals surface area contributed by atoms with Gasteiger partial charge >= 0.3 is 0 Å². The average Bonchev–Trinajstić information content (AvgIpc) is 3.40. The van der Waals surface area contributed by atoms with E-state index in [1.807, 2.05) is 35.8 Å². The predicted octanol–water partition coefficient (Wildman–Crippen LogP) is 4.14. The molecule has 1 unspecified atom stereocenters. The molecule has 7 heteroatoms. The lowest BCUT2D eigenvalue weighted by Gasteiger charge is -2.23. The number of nitrogens with one attached hydrogen (secondary N) is 1. The third kappa shape index (κ3) is 5.17. The van der Waals surface area contributed by atoms with E-state index in [2.05, 4.69) is 33.3 Å². The van der Waals surface area contributed by atoms with E-state index in [0.717, 1.165) is 55.4 Å². The summed E-state index contributed by atoms with van der Waals surface area (Å²) in [6.07, 6.45) is 1.24. The Morgan fingerprint density at radius 3 is 2.81 bits per heavy atom. The van der Waals surface area contributed by atoms with E-state index in [0.29, 0.717) is 5.92 Å². The monoisotopic (exact) mass is 404 g/mol. The van der Waals surface area contributed by atoms with Gasteiger partial charge in [-0.3, -0.25) is 4.90 Å². The SMILES string of the molecule is Cc1ncsc1CN(Cc1cc(-c2ccccc2)on1)CC1CCNC1.Cl. The van der Waals surface area contributed by atoms with E-state index in [9.17, 15) is 0 Å². The van der Waals surface area contributed by atoms with Gasteiger partial charge in [0, 0.05) is 36.1 Å². The molecule has 0 spiro atoms. The van der Waals surface area contributed by atoms with Gasteiger partial charge in [0.25, 0.3) is 0 Å². The number of nitrogens with zero attached hydrogens (tertiary/aromatic N) is 3. The molecule has 5 nitrogen and oxygen atoms in total. The molecule has 1 saturated heterocycles. The van der Waals surface area contributed by atoms with Crippen LogP contribution in [0.2, 0.25) is 0 Å². The summed E-state index contributed by atoms with van der Waals surface area (Å²) in [7, 11) is 0. The van der Waals surface area contributed by atoms with Crippen LogP contribution in [-0.4, -0.2) is 34.7 Å². The van der Waals surface area contributed by atoms with Crippen molar-refractivity contribution in [3.05, 3.63) is 58.2 Å². The van der Waals surface area contributed by atoms with Crippen LogP contribution in [-0.2, 0) is 13.1 Å². The topological polar surface area (TPSA) is 54.2 Å². The number of rotatable bonds is 7. The van der Waals surface area contributed by atoms with Crippen LogP contribution in [0.1, 0.15) is 22.7 Å². The second kappa shape index (κ2) is 9.46. The van der Waals surface area contributed by atoms with Crippen LogP contribution >= 0.6 is 23.7 Å². The summed E-state index contributed by atoms with van der Waals surface area (Å²) in [5, 5.41) is 7.78. The highest BCUT2D eigenvalue weighted by atomic mass is 35.5. The van der Waals surface area contributed by atoms with Crippen molar-refractivity contribution in [1.29, 1.82) is 0 Å². The van der Waals surface area contributed by atoms with Crippen LogP contribution < -0.4 is 5.32 Å². The predicted molar refractivity (Wildman–Crippen MR) is 111 cm³/mol. The van der Waals surface area contributed by atoms with Gasteiger partial charge in [-0.25, -0.2) is 4.98 Å². The Kier molecular flexibility index (Phi) is 7.01. The number of thiazole rings is 1. The molecule has 1 aliphatic heterocycles. The molecule has 0 aliphatic carbocycles. The van der Waals surface area contributed by atoms with Crippen LogP contribution in [0.4, 0.5) is 0 Å². The van der Waals surface area contributed by atoms with Gasteiger partial charge in [-0.1, -0.05) is 35.5 Å². The second-order valence-electron chi connectivity index (χ2n) is 6.94. The maximum atomic E-state index is 5.58. The van der Waals surface area contributed by atoms with Crippen molar-refractivity contribution in [1.82, 2.24) is 20.4 Å². The minimum Gasteiger partial charge on any atom is -0.356 e. The Morgan fingerprint density at radius 1 is 1.26 bits per heavy atom. The lowest BCUT2D eigenvalue weighted by molar-refractivity contribution is 0.216. The normalized spacial score (nSPS) is 16.6. The van der Waals surface area contributed by atoms with E-state index in [1.54, 1.807) is 11.3 Å². The van der Waals surface area contributed by atoms with Gasteiger partial charge in [0.1, 0.15) is 0 Å². The summed E-state index contributed by atoms with van der Waals surface area (Å²) in [6.45, 7) is 7.10. The first-order chi connectivity index (χ1) is 12.8. The first-order valence-electron chi connectivity index (χ1n) is 9.11. The van der Waals surface area contributed by atoms with Gasteiger partial charge in [-0.15, -0.1) is 23.7 Å². The van der Waals surface area contributed by atoms with Gasteiger partial charge in [-0.05, 0) is 32.4 Å². The first kappa shape index (κ1) is 20.0. The summed E-state index contributed by atoms with van der Waals surface area (Å²) in [6, 6.07) is 12.2. The molecule has 0 amide bonds. The molecule has 27 heavy (non-hydrogen) atoms. The Balaban J connectivity index is 0.00000210. The fraction of sp³-hybridized carbons (Fsp3) is 0.400. The number of benzene rings is 1. The van der Waals surface area contributed by atoms with Gasteiger partial charge in [0.15, 0.2) is 5.76 Å². The van der Waals surface area contributed by atoms with Crippen LogP contribution in [0.25, 0.3) is 11.3 Å². The summed E-state index contributed by atoms with van der Waals surface area (Å²) >= 11 is 1.74. The standard InChI is InChI=1S/C20H24N4OS.ClH/c1-15-20(26-14-22-15)13-24(11-16-7-8-21-10-16)12-18-9-19(25-23-18)17-5-3-2-4-6-17;/h2-6,9,14,16,21H,7-8,10-13H2,1H3;1H. The molecular formula is C20H25ClN4OS. The van der Waals surface area contributed by atoms with Gasteiger partial charge in [-0.2, -0.15) is 0 Å². The van der Waals surface area contributed by atoms with Crippen molar-refractivity contribution >= 4 is 23.7 Å². The minimum atomic E-state index is 0. The van der Waals surface area contributed by atoms with Crippen LogP contribution in [0.3, 0.4) is 0 Å². The molecule has 4 rings (SSSR count). The zero-order valence-corrected chi connectivity index (χ0v) is 17.1. The number of hydrogen-bond acceptors (Lipinski definition) is 6. The Bertz CT molecular complexity index is 829. The highest BCUT2D eigenvalue weighted by molar-refractivity contribution is 7.09. The molecule has 3 heterocycles. The summed E-state index contributed by atoms with van der Waals surface area (Å²) < 4.78 is 5.58. The second-order valence-corrected chi connectivity index (χ2v) is 7.88. The molecule has 144 valence electrons. The Hall–Kier alpha value is -1.73. The molecule has 0 radical (unpaired) electrons. The highest BCUT2D eigenvalue weighted by Gasteiger charge is 2.21. The fourth-order valence-corrected chi connectivity index (χ4v) is 4.27. The van der Waals surface area contributed by atoms with Crippen LogP contribution in [0.15, 0.2) is 46.4 Å². The smallest absolute Gasteiger partial charge is 0.167 e. The van der Waals surface area contributed by atoms with E-state index >= 15 is 0 Å². The fourth-order valence-electron chi connectivity index (χ4n) is 3.46. The minimum absolute atomic E-state index is 0. The van der Waals surface area contributed by atoms with Crippen molar-refractivity contribution in [2.45, 2.75) is 26.4 Å². The molecule has 1 N–H and O–H groups in total. The average molecular weight is 405 g/mol. The highest BCUT2D eigenvalue weighted by Crippen LogP contribution is 2.23. The van der Waals surface area contributed by atoms with Gasteiger partial charge < -0.3 is 9.84 Å². The van der Waals surface area contributed by atoms with E-state index < -0.39 is 0 Å². The van der Waals surface area contributed by atoms with Crippen LogP contribution in [0.5, 0.6) is 0 Å². The molecular weight excluding hydrogens is 380 g/mol. The molecule has 1 fully saturated rings. The van der Waals surface area contributed by atoms with E-state index in [1.165, 1.54) is 11.3 Å². The van der Waals surface area contributed by atoms with Crippen molar-refractivity contribution in [3.63, 3.8) is 0 Å². The number of halogens is 1. The number of aryl methyl sites for hydroxylation is 1. The Morgan fingerprint density at radius 2 is 2.11 bits per heavy atom. The first-order valence-corrected chi connectivity index (χ1v) is 9.99. The number of aromatic nitrogens is 2. The maximum absolute atomic E-state index is 5.58. The molecule has 3 aromatic rings. The van der Waals surface area contributed by atoms with Gasteiger partial charge in [0.2, 0.25) is 0 Å². The molecule has 1 aliphatic rings. The maximum Gasteiger partial charge on any atom is 0.167 e. The number of hydrogen-bond donors (Lipinski definition) is 1. The molecule has 2 aromatic heterocycles. The quantitative estimate of drug-likeness (QED) is 0.641. The summed E-state index contributed by atoms with van der Waals surface area (Å²) in [5.41, 5.74) is 5.12. The summed E-state index contributed by atoms with van der Waals surface area (Å²) in [5.74, 6) is 1.53. The lowest BCUT2D eigenvalue weighted by Crippen LogP contribution is -2.30. The van der Waals surface area contributed by atoms with Gasteiger partial charge in [0.05, 0.1) is 16.9 Å².